The summed E-state index contributed by atoms with van der Waals surface area (Å²) in [6.07, 6.45) is 20.5. The Hall–Kier alpha value is -1.34. The lowest BCUT2D eigenvalue weighted by atomic mass is 9.74. The largest absolute Gasteiger partial charge is 0.373 e. The molecule has 2 aliphatic carbocycles. The highest BCUT2D eigenvalue weighted by molar-refractivity contribution is 5.25. The van der Waals surface area contributed by atoms with E-state index in [-0.39, 0.29) is 0 Å². The molecule has 0 amide bonds. The monoisotopic (exact) mass is 380 g/mol. The van der Waals surface area contributed by atoms with Gasteiger partial charge in [-0.3, -0.25) is 0 Å². The Labute approximate surface area is 173 Å². The predicted octanol–water partition coefficient (Wildman–Crippen LogP) is 7.83. The molecule has 1 nitrogen and oxygen atoms in total. The molecule has 0 saturated heterocycles. The van der Waals surface area contributed by atoms with Crippen LogP contribution in [0.2, 0.25) is 0 Å². The predicted molar refractivity (Wildman–Crippen MR) is 120 cm³/mol. The number of allylic oxidation sites excluding steroid dienone is 2. The van der Waals surface area contributed by atoms with Crippen LogP contribution in [0.15, 0.2) is 49.1 Å². The molecule has 0 aliphatic heterocycles. The molecule has 0 aromatic heterocycles. The van der Waals surface area contributed by atoms with Gasteiger partial charge in [-0.1, -0.05) is 55.3 Å². The first kappa shape index (κ1) is 21.4. The van der Waals surface area contributed by atoms with Crippen LogP contribution in [0.25, 0.3) is 0 Å². The summed E-state index contributed by atoms with van der Waals surface area (Å²) in [5.74, 6) is 3.55. The van der Waals surface area contributed by atoms with Gasteiger partial charge >= 0.3 is 0 Å². The van der Waals surface area contributed by atoms with Gasteiger partial charge in [0.25, 0.3) is 0 Å². The van der Waals surface area contributed by atoms with Crippen molar-refractivity contribution >= 4 is 0 Å². The zero-order valence-electron chi connectivity index (χ0n) is 18.0. The van der Waals surface area contributed by atoms with Gasteiger partial charge in [-0.2, -0.15) is 0 Å². The van der Waals surface area contributed by atoms with E-state index in [9.17, 15) is 0 Å². The molecule has 0 heterocycles. The van der Waals surface area contributed by atoms with Crippen LogP contribution in [0, 0.1) is 17.8 Å². The fraction of sp³-hybridized carbons (Fsp3) is 0.630. The summed E-state index contributed by atoms with van der Waals surface area (Å²) in [6, 6.07) is 9.21. The molecule has 154 valence electrons. The van der Waals surface area contributed by atoms with Gasteiger partial charge in [0.05, 0.1) is 13.2 Å². The molecule has 2 aliphatic rings. The molecule has 0 spiro atoms. The zero-order chi connectivity index (χ0) is 19.6. The minimum atomic E-state index is 0.706. The number of rotatable bonds is 9. The van der Waals surface area contributed by atoms with Crippen molar-refractivity contribution in [1.29, 1.82) is 0 Å². The third kappa shape index (κ3) is 6.62. The van der Waals surface area contributed by atoms with Crippen molar-refractivity contribution < 1.29 is 4.74 Å². The van der Waals surface area contributed by atoms with Crippen molar-refractivity contribution in [1.82, 2.24) is 0 Å². The van der Waals surface area contributed by atoms with Crippen LogP contribution in [0.1, 0.15) is 88.2 Å². The molecule has 0 atom stereocenters. The molecular formula is C27H40O. The molecule has 0 bridgehead atoms. The topological polar surface area (TPSA) is 9.23 Å². The van der Waals surface area contributed by atoms with Crippen LogP contribution in [0.3, 0.4) is 0 Å². The highest BCUT2D eigenvalue weighted by Crippen LogP contribution is 2.39. The Bertz CT molecular complexity index is 583. The van der Waals surface area contributed by atoms with Crippen LogP contribution < -0.4 is 0 Å². The highest BCUT2D eigenvalue weighted by Gasteiger charge is 2.24. The summed E-state index contributed by atoms with van der Waals surface area (Å²) in [6.45, 7) is 7.43. The summed E-state index contributed by atoms with van der Waals surface area (Å²) in [5, 5.41) is 0. The van der Waals surface area contributed by atoms with Crippen LogP contribution in [-0.4, -0.2) is 6.61 Å². The summed E-state index contributed by atoms with van der Waals surface area (Å²) in [7, 11) is 0. The maximum atomic E-state index is 5.66. The summed E-state index contributed by atoms with van der Waals surface area (Å²) < 4.78 is 5.66. The first-order chi connectivity index (χ1) is 13.8. The fourth-order valence-corrected chi connectivity index (χ4v) is 5.20. The van der Waals surface area contributed by atoms with Crippen LogP contribution in [0.4, 0.5) is 0 Å². The van der Waals surface area contributed by atoms with Crippen molar-refractivity contribution in [2.24, 2.45) is 17.8 Å². The van der Waals surface area contributed by atoms with Crippen LogP contribution in [0.5, 0.6) is 0 Å². The van der Waals surface area contributed by atoms with E-state index >= 15 is 0 Å². The smallest absolute Gasteiger partial charge is 0.0721 e. The molecular weight excluding hydrogens is 340 g/mol. The second-order valence-corrected chi connectivity index (χ2v) is 9.14. The van der Waals surface area contributed by atoms with Crippen LogP contribution in [-0.2, 0) is 11.3 Å². The lowest BCUT2D eigenvalue weighted by molar-refractivity contribution is 0.148. The molecule has 28 heavy (non-hydrogen) atoms. The van der Waals surface area contributed by atoms with E-state index in [1.54, 1.807) is 5.56 Å². The van der Waals surface area contributed by atoms with Gasteiger partial charge in [0, 0.05) is 0 Å². The average Bonchev–Trinajstić information content (AvgIpc) is 2.76. The zero-order valence-corrected chi connectivity index (χ0v) is 18.0. The molecule has 2 fully saturated rings. The Morgan fingerprint density at radius 1 is 0.893 bits per heavy atom. The molecule has 1 aromatic carbocycles. The molecule has 3 rings (SSSR count). The van der Waals surface area contributed by atoms with E-state index in [1.165, 1.54) is 69.8 Å². The lowest BCUT2D eigenvalue weighted by Gasteiger charge is -2.31. The first-order valence-electron chi connectivity index (χ1n) is 11.7. The van der Waals surface area contributed by atoms with E-state index in [0.717, 1.165) is 23.7 Å². The maximum absolute atomic E-state index is 5.66. The fourth-order valence-electron chi connectivity index (χ4n) is 5.20. The van der Waals surface area contributed by atoms with Gasteiger partial charge in [-0.25, -0.2) is 0 Å². The third-order valence-corrected chi connectivity index (χ3v) is 7.22. The first-order valence-corrected chi connectivity index (χ1v) is 11.7. The van der Waals surface area contributed by atoms with Gasteiger partial charge in [0.2, 0.25) is 0 Å². The molecule has 0 N–H and O–H groups in total. The van der Waals surface area contributed by atoms with Gasteiger partial charge < -0.3 is 4.74 Å². The standard InChI is InChI=1S/C27H40O/c1-3-5-20-28-21-25-14-18-27(19-15-25)26-16-12-24(13-17-26)11-10-23-8-6-22(4-2)7-9-23/h3-5,14-15,18-19,22-24,26H,2,6-13,16-17,20-21H2,1H3/b5-3+/t22-,23-,24-,26-. The Morgan fingerprint density at radius 3 is 2.07 bits per heavy atom. The van der Waals surface area contributed by atoms with E-state index < -0.39 is 0 Å². The van der Waals surface area contributed by atoms with E-state index in [0.29, 0.717) is 13.2 Å². The Balaban J connectivity index is 1.35. The minimum Gasteiger partial charge on any atom is -0.373 e. The Morgan fingerprint density at radius 2 is 1.50 bits per heavy atom. The van der Waals surface area contributed by atoms with Gasteiger partial charge in [0.15, 0.2) is 0 Å². The third-order valence-electron chi connectivity index (χ3n) is 7.22. The number of benzene rings is 1. The average molecular weight is 381 g/mol. The lowest BCUT2D eigenvalue weighted by Crippen LogP contribution is -2.17. The summed E-state index contributed by atoms with van der Waals surface area (Å²) in [5.41, 5.74) is 2.83. The van der Waals surface area contributed by atoms with Crippen molar-refractivity contribution in [2.45, 2.75) is 83.7 Å². The molecule has 1 heteroatoms. The highest BCUT2D eigenvalue weighted by atomic mass is 16.5. The van der Waals surface area contributed by atoms with Crippen molar-refractivity contribution in [3.63, 3.8) is 0 Å². The second-order valence-electron chi connectivity index (χ2n) is 9.14. The van der Waals surface area contributed by atoms with Gasteiger partial charge in [0.1, 0.15) is 0 Å². The minimum absolute atomic E-state index is 0.706. The number of hydrogen-bond acceptors (Lipinski definition) is 1. The second kappa shape index (κ2) is 11.6. The molecule has 2 saturated carbocycles. The molecule has 0 radical (unpaired) electrons. The van der Waals surface area contributed by atoms with Gasteiger partial charge in [-0.15, -0.1) is 6.58 Å². The quantitative estimate of drug-likeness (QED) is 0.313. The van der Waals surface area contributed by atoms with Crippen molar-refractivity contribution in [3.05, 3.63) is 60.2 Å². The number of hydrogen-bond donors (Lipinski definition) is 0. The van der Waals surface area contributed by atoms with Crippen molar-refractivity contribution in [2.75, 3.05) is 6.61 Å². The van der Waals surface area contributed by atoms with Crippen LogP contribution >= 0.6 is 0 Å². The molecule has 1 aromatic rings. The summed E-state index contributed by atoms with van der Waals surface area (Å²) >= 11 is 0. The maximum Gasteiger partial charge on any atom is 0.0721 e. The normalized spacial score (nSPS) is 28.5. The SMILES string of the molecule is C=C[C@H]1CC[C@H](CC[C@H]2CC[C@H](c3ccc(COC/C=C/C)cc3)CC2)CC1. The van der Waals surface area contributed by atoms with E-state index in [1.807, 2.05) is 13.0 Å². The van der Waals surface area contributed by atoms with Crippen molar-refractivity contribution in [3.8, 4) is 0 Å². The van der Waals surface area contributed by atoms with E-state index in [2.05, 4.69) is 43.0 Å². The Kier molecular flexibility index (Phi) is 8.86. The van der Waals surface area contributed by atoms with E-state index in [4.69, 9.17) is 4.74 Å². The number of ether oxygens (including phenoxy) is 1. The molecule has 0 unspecified atom stereocenters. The van der Waals surface area contributed by atoms with Gasteiger partial charge in [-0.05, 0) is 93.1 Å². The summed E-state index contributed by atoms with van der Waals surface area (Å²) in [4.78, 5) is 0.